The molecule has 4 N–H and O–H groups in total. The molecule has 1 fully saturated rings. The molecule has 2 aromatic carbocycles. The number of nitrogens with one attached hydrogen (secondary N) is 2. The molecule has 2 aliphatic rings. The van der Waals surface area contributed by atoms with Crippen LogP contribution in [-0.4, -0.2) is 105 Å². The number of anilines is 1. The van der Waals surface area contributed by atoms with Crippen LogP contribution in [0.15, 0.2) is 42.5 Å². The molecular formula is C45H41ClF10N8O9S2. The van der Waals surface area contributed by atoms with E-state index in [1.807, 2.05) is 0 Å². The summed E-state index contributed by atoms with van der Waals surface area (Å²) in [5, 5.41) is 29.7. The zero-order chi connectivity index (χ0) is 55.9. The molecule has 2 aliphatic carbocycles. The van der Waals surface area contributed by atoms with E-state index in [4.69, 9.17) is 11.6 Å². The van der Waals surface area contributed by atoms with Crippen molar-refractivity contribution >= 4 is 66.1 Å². The largest absolute Gasteiger partial charge is 0.480 e. The topological polar surface area (TPSA) is 236 Å². The van der Waals surface area contributed by atoms with Gasteiger partial charge in [0, 0.05) is 34.9 Å². The maximum atomic E-state index is 15.9. The summed E-state index contributed by atoms with van der Waals surface area (Å²) in [6.45, 7) is -0.101. The second-order valence-electron chi connectivity index (χ2n) is 18.4. The summed E-state index contributed by atoms with van der Waals surface area (Å²) in [6, 6.07) is 0.268. The highest BCUT2D eigenvalue weighted by Crippen LogP contribution is 2.64. The Hall–Kier alpha value is -6.51. The van der Waals surface area contributed by atoms with Crippen LogP contribution >= 0.6 is 11.6 Å². The van der Waals surface area contributed by atoms with Crippen molar-refractivity contribution in [2.45, 2.75) is 100 Å². The van der Waals surface area contributed by atoms with Gasteiger partial charge in [-0.15, -0.1) is 0 Å². The van der Waals surface area contributed by atoms with Gasteiger partial charge in [0.05, 0.1) is 40.0 Å². The third-order valence-electron chi connectivity index (χ3n) is 12.5. The fraction of sp³-hybridized carbons (Fsp3) is 0.422. The summed E-state index contributed by atoms with van der Waals surface area (Å²) in [5.74, 6) is -8.41. The van der Waals surface area contributed by atoms with Crippen LogP contribution in [0.3, 0.4) is 0 Å². The highest BCUT2D eigenvalue weighted by Gasteiger charge is 2.63. The van der Waals surface area contributed by atoms with E-state index in [-0.39, 0.29) is 43.3 Å². The van der Waals surface area contributed by atoms with E-state index in [0.29, 0.717) is 12.3 Å². The Kier molecular flexibility index (Phi) is 14.7. The van der Waals surface area contributed by atoms with Crippen LogP contribution in [0.1, 0.15) is 79.5 Å². The first-order valence-electron chi connectivity index (χ1n) is 21.9. The third kappa shape index (κ3) is 11.2. The minimum absolute atomic E-state index is 0.0372. The van der Waals surface area contributed by atoms with Gasteiger partial charge < -0.3 is 20.8 Å². The first-order valence-corrected chi connectivity index (χ1v) is 26.0. The van der Waals surface area contributed by atoms with Crippen LogP contribution in [0.25, 0.3) is 22.0 Å². The van der Waals surface area contributed by atoms with Crippen molar-refractivity contribution in [2.75, 3.05) is 16.8 Å². The van der Waals surface area contributed by atoms with Crippen LogP contribution in [0.4, 0.5) is 54.5 Å². The van der Waals surface area contributed by atoms with Crippen molar-refractivity contribution in [3.8, 4) is 23.0 Å². The molecule has 0 bridgehead atoms. The molecule has 17 nitrogen and oxygen atoms in total. The summed E-state index contributed by atoms with van der Waals surface area (Å²) in [6.07, 6.45) is -12.1. The molecular weight excluding hydrogens is 1090 g/mol. The Labute approximate surface area is 424 Å². The van der Waals surface area contributed by atoms with Gasteiger partial charge in [0.2, 0.25) is 15.9 Å². The number of hydrogen-bond donors (Lipinski definition) is 4. The number of halogens is 11. The second-order valence-corrected chi connectivity index (χ2v) is 23.2. The Bertz CT molecular complexity index is 3440. The fourth-order valence-electron chi connectivity index (χ4n) is 8.75. The molecule has 3 aromatic heterocycles. The van der Waals surface area contributed by atoms with E-state index in [1.165, 1.54) is 13.8 Å². The smallest absolute Gasteiger partial charge is 0.435 e. The van der Waals surface area contributed by atoms with Crippen LogP contribution in [0, 0.1) is 29.4 Å². The summed E-state index contributed by atoms with van der Waals surface area (Å²) in [4.78, 5) is 44.4. The number of carboxylic acid groups (broad SMARTS) is 1. The van der Waals surface area contributed by atoms with Gasteiger partial charge in [-0.25, -0.2) is 40.2 Å². The number of carboxylic acids is 1. The van der Waals surface area contributed by atoms with E-state index < -0.39 is 172 Å². The van der Waals surface area contributed by atoms with Crippen molar-refractivity contribution in [1.82, 2.24) is 35.2 Å². The third-order valence-corrected chi connectivity index (χ3v) is 15.8. The number of amides is 3. The van der Waals surface area contributed by atoms with Gasteiger partial charge in [-0.1, -0.05) is 23.6 Å². The number of rotatable bonds is 14. The first-order chi connectivity index (χ1) is 34.4. The van der Waals surface area contributed by atoms with Crippen molar-refractivity contribution < 1.29 is 85.3 Å². The maximum Gasteiger partial charge on any atom is 0.435 e. The SMILES string of the molecule is C[C@@H](O)[C@H](NC(=O)N(c1nn(CC(F)(F)F)c2c(-c3ccc(C#CC(C)(C)S(C)(=O)=O)nc3[C@H](Cc3cc(F)cc(F)c3)NC(=O)Cn3nc(C(F)(F)F)c4c3C(F)(F)[C@@H]3CC[C@H]43)ccc(Cl)c12)S(C)(=O)=O)C(=O)O. The molecule has 0 aliphatic heterocycles. The van der Waals surface area contributed by atoms with Gasteiger partial charge >= 0.3 is 24.4 Å². The van der Waals surface area contributed by atoms with Crippen LogP contribution in [0.2, 0.25) is 5.02 Å². The lowest BCUT2D eigenvalue weighted by Crippen LogP contribution is -2.53. The van der Waals surface area contributed by atoms with Gasteiger partial charge in [-0.05, 0) is 87.8 Å². The number of carbonyl (C=O) groups is 3. The number of sulfonamides is 1. The zero-order valence-corrected chi connectivity index (χ0v) is 41.8. The molecule has 3 heterocycles. The molecule has 0 unspecified atom stereocenters. The first kappa shape index (κ1) is 56.2. The van der Waals surface area contributed by atoms with Gasteiger partial charge in [-0.2, -0.15) is 49.6 Å². The van der Waals surface area contributed by atoms with E-state index in [2.05, 4.69) is 32.3 Å². The van der Waals surface area contributed by atoms with Gasteiger partial charge in [0.15, 0.2) is 27.4 Å². The lowest BCUT2D eigenvalue weighted by Gasteiger charge is -2.34. The van der Waals surface area contributed by atoms with E-state index >= 15 is 8.78 Å². The number of alkyl halides is 8. The number of aliphatic hydroxyl groups excluding tert-OH is 1. The Morgan fingerprint density at radius 1 is 0.933 bits per heavy atom. The van der Waals surface area contributed by atoms with E-state index in [1.54, 1.807) is 5.32 Å². The molecule has 0 saturated heterocycles. The molecule has 5 atom stereocenters. The van der Waals surface area contributed by atoms with Gasteiger partial charge in [0.1, 0.15) is 40.9 Å². The number of aliphatic carboxylic acids is 1. The molecule has 404 valence electrons. The normalized spacial score (nSPS) is 17.7. The fourth-order valence-corrected chi connectivity index (χ4v) is 10.0. The molecule has 1 saturated carbocycles. The summed E-state index contributed by atoms with van der Waals surface area (Å²) in [5.41, 5.74) is -6.42. The van der Waals surface area contributed by atoms with Crippen molar-refractivity contribution in [3.05, 3.63) is 93.0 Å². The standard InChI is InChI=1S/C45H41ClF10N8O9S2/c1-20(65)34(40(67)68)59-41(69)64(75(5,72)73)39-33-29(46)11-9-26(36(33)63(61-39)19-43(49,50)51)25-7-6-24(12-13-42(2,3)74(4,70)71)57-35(25)30(16-21-14-22(47)17-23(48)15-21)58-31(66)18-62-38-32(37(60-62)45(54,55)56)27-8-10-28(27)44(38,52)53/h6-7,9,11,14-15,17,20,27-28,30,34,65H,8,10,16,18-19H2,1-5H3,(H,58,66)(H,59,69)(H,67,68)/t20-,27+,28-,30+,34+/m1/s1. The van der Waals surface area contributed by atoms with Gasteiger partial charge in [-0.3, -0.25) is 14.2 Å². The molecule has 7 rings (SSSR count). The minimum atomic E-state index is -5.26. The Balaban J connectivity index is 1.50. The summed E-state index contributed by atoms with van der Waals surface area (Å²) < 4.78 is 199. The number of carbonyl (C=O) groups excluding carboxylic acids is 2. The average molecular weight is 1130 g/mol. The Morgan fingerprint density at radius 3 is 2.09 bits per heavy atom. The number of urea groups is 1. The number of aliphatic hydroxyl groups is 1. The van der Waals surface area contributed by atoms with Crippen LogP contribution in [-0.2, 0) is 61.1 Å². The molecule has 75 heavy (non-hydrogen) atoms. The van der Waals surface area contributed by atoms with Crippen LogP contribution < -0.4 is 14.9 Å². The van der Waals surface area contributed by atoms with Crippen molar-refractivity contribution in [3.63, 3.8) is 0 Å². The lowest BCUT2D eigenvalue weighted by molar-refractivity contribution is -0.144. The zero-order valence-electron chi connectivity index (χ0n) is 39.4. The molecule has 5 aromatic rings. The summed E-state index contributed by atoms with van der Waals surface area (Å²) in [7, 11) is -9.00. The average Bonchev–Trinajstić information content (AvgIpc) is 3.82. The van der Waals surface area contributed by atoms with Crippen molar-refractivity contribution in [2.24, 2.45) is 5.92 Å². The number of sulfone groups is 1. The number of benzene rings is 2. The highest BCUT2D eigenvalue weighted by atomic mass is 35.5. The monoisotopic (exact) mass is 1130 g/mol. The maximum absolute atomic E-state index is 15.9. The number of pyridine rings is 1. The minimum Gasteiger partial charge on any atom is -0.480 e. The number of nitrogens with zero attached hydrogens (tertiary/aromatic N) is 6. The number of aromatic nitrogens is 5. The number of hydrogen-bond acceptors (Lipinski definition) is 11. The summed E-state index contributed by atoms with van der Waals surface area (Å²) >= 11 is 6.59. The van der Waals surface area contributed by atoms with E-state index in [0.717, 1.165) is 49.6 Å². The van der Waals surface area contributed by atoms with Crippen LogP contribution in [0.5, 0.6) is 0 Å². The van der Waals surface area contributed by atoms with Crippen molar-refractivity contribution in [1.29, 1.82) is 0 Å². The van der Waals surface area contributed by atoms with Gasteiger partial charge in [0.25, 0.3) is 5.92 Å². The van der Waals surface area contributed by atoms with E-state index in [9.17, 15) is 76.6 Å². The quantitative estimate of drug-likeness (QED) is 0.0651. The predicted octanol–water partition coefficient (Wildman–Crippen LogP) is 6.99. The highest BCUT2D eigenvalue weighted by molar-refractivity contribution is 7.93. The number of fused-ring (bicyclic) bond motifs is 4. The predicted molar refractivity (Wildman–Crippen MR) is 246 cm³/mol. The molecule has 30 heteroatoms. The lowest BCUT2D eigenvalue weighted by atomic mass is 9.73. The molecule has 0 spiro atoms. The second kappa shape index (κ2) is 19.6. The Morgan fingerprint density at radius 2 is 1.56 bits per heavy atom. The molecule has 0 radical (unpaired) electrons. The molecule has 3 amide bonds.